The molecule has 5 rings (SSSR count). The highest BCUT2D eigenvalue weighted by molar-refractivity contribution is 6.33. The Morgan fingerprint density at radius 2 is 1.84 bits per heavy atom. The van der Waals surface area contributed by atoms with Crippen LogP contribution in [0.5, 0.6) is 5.88 Å². The van der Waals surface area contributed by atoms with Crippen LogP contribution in [-0.2, 0) is 4.74 Å². The topological polar surface area (TPSA) is 128 Å². The van der Waals surface area contributed by atoms with E-state index in [0.29, 0.717) is 11.4 Å². The van der Waals surface area contributed by atoms with Crippen LogP contribution in [0.15, 0.2) is 60.0 Å². The van der Waals surface area contributed by atoms with Crippen LogP contribution in [0.25, 0.3) is 16.6 Å². The Hall–Kier alpha value is -4.38. The van der Waals surface area contributed by atoms with E-state index in [0.717, 1.165) is 48.0 Å². The molecule has 1 aliphatic carbocycles. The van der Waals surface area contributed by atoms with E-state index < -0.39 is 17.5 Å². The first kappa shape index (κ1) is 30.1. The van der Waals surface area contributed by atoms with Gasteiger partial charge in [-0.15, -0.1) is 0 Å². The van der Waals surface area contributed by atoms with Crippen molar-refractivity contribution < 1.29 is 18.7 Å². The molecule has 0 saturated heterocycles. The Balaban J connectivity index is 1.45. The average molecular weight is 608 g/mol. The van der Waals surface area contributed by atoms with Crippen LogP contribution < -0.4 is 21.1 Å². The first-order valence-corrected chi connectivity index (χ1v) is 14.4. The van der Waals surface area contributed by atoms with E-state index in [2.05, 4.69) is 25.7 Å². The summed E-state index contributed by atoms with van der Waals surface area (Å²) in [6.45, 7) is 5.53. The highest BCUT2D eigenvalue weighted by atomic mass is 35.5. The lowest BCUT2D eigenvalue weighted by Gasteiger charge is -2.31. The fourth-order valence-electron chi connectivity index (χ4n) is 5.05. The second kappa shape index (κ2) is 12.5. The van der Waals surface area contributed by atoms with Crippen LogP contribution in [0.2, 0.25) is 5.02 Å². The van der Waals surface area contributed by atoms with Gasteiger partial charge in [-0.05, 0) is 70.7 Å². The average Bonchev–Trinajstić information content (AvgIpc) is 3.40. The molecule has 1 aliphatic rings. The molecule has 3 aromatic heterocycles. The molecule has 3 heterocycles. The number of aliphatic imine (C=N–C) groups is 1. The number of anilines is 1. The minimum Gasteiger partial charge on any atom is -0.481 e. The summed E-state index contributed by atoms with van der Waals surface area (Å²) in [6.07, 6.45) is 8.03. The van der Waals surface area contributed by atoms with Crippen molar-refractivity contribution in [3.8, 4) is 17.0 Å². The molecular weight excluding hydrogens is 573 g/mol. The summed E-state index contributed by atoms with van der Waals surface area (Å²) in [7, 11) is 1.57. The van der Waals surface area contributed by atoms with Gasteiger partial charge in [0.15, 0.2) is 0 Å². The lowest BCUT2D eigenvalue weighted by atomic mass is 9.91. The molecule has 4 aromatic rings. The van der Waals surface area contributed by atoms with Crippen LogP contribution >= 0.6 is 11.6 Å². The van der Waals surface area contributed by atoms with Crippen molar-refractivity contribution in [1.82, 2.24) is 19.9 Å². The molecule has 0 radical (unpaired) electrons. The van der Waals surface area contributed by atoms with Crippen LogP contribution in [0.4, 0.5) is 20.6 Å². The second-order valence-corrected chi connectivity index (χ2v) is 11.9. The van der Waals surface area contributed by atoms with Gasteiger partial charge in [0, 0.05) is 47.7 Å². The van der Waals surface area contributed by atoms with Gasteiger partial charge in [0.25, 0.3) is 0 Å². The summed E-state index contributed by atoms with van der Waals surface area (Å²) in [5.41, 5.74) is 10.0. The number of hydrogen-bond donors (Lipinski definition) is 3. The fraction of sp³-hybridized carbons (Fsp3) is 0.355. The number of methoxy groups -OCH3 is 1. The van der Waals surface area contributed by atoms with Gasteiger partial charge in [-0.2, -0.15) is 5.10 Å². The van der Waals surface area contributed by atoms with Gasteiger partial charge in [-0.25, -0.2) is 23.7 Å². The first-order valence-electron chi connectivity index (χ1n) is 14.1. The second-order valence-electron chi connectivity index (χ2n) is 11.5. The third-order valence-electron chi connectivity index (χ3n) is 7.14. The van der Waals surface area contributed by atoms with Crippen molar-refractivity contribution in [2.45, 2.75) is 64.1 Å². The van der Waals surface area contributed by atoms with Crippen molar-refractivity contribution in [2.24, 2.45) is 10.7 Å². The number of amidine groups is 1. The number of carbonyl (C=O) groups is 1. The molecule has 0 spiro atoms. The Labute approximate surface area is 254 Å². The number of nitrogens with zero attached hydrogens (tertiary/aromatic N) is 4. The number of rotatable bonds is 7. The fourth-order valence-corrected chi connectivity index (χ4v) is 5.21. The number of nitrogens with two attached hydrogens (primary N) is 1. The zero-order chi connectivity index (χ0) is 30.7. The number of benzene rings is 1. The van der Waals surface area contributed by atoms with Gasteiger partial charge in [-0.1, -0.05) is 11.6 Å². The van der Waals surface area contributed by atoms with Gasteiger partial charge < -0.3 is 25.8 Å². The minimum atomic E-state index is -0.554. The predicted octanol–water partition coefficient (Wildman–Crippen LogP) is 6.48. The van der Waals surface area contributed by atoms with Gasteiger partial charge in [0.2, 0.25) is 5.88 Å². The zero-order valence-electron chi connectivity index (χ0n) is 24.5. The number of halogens is 2. The highest BCUT2D eigenvalue weighted by Crippen LogP contribution is 2.33. The Morgan fingerprint density at radius 3 is 2.51 bits per heavy atom. The SMILES string of the molecule is COc1ccc(-c2cc3c(N[C@H]4CC[C@H](NC(=O)OC(C)(C)C)CC4)c(/C(N)=N/c4cc(F)ccc4Cl)cnn3c2)cn1. The van der Waals surface area contributed by atoms with E-state index in [1.807, 2.05) is 39.1 Å². The summed E-state index contributed by atoms with van der Waals surface area (Å²) >= 11 is 6.28. The van der Waals surface area contributed by atoms with Crippen molar-refractivity contribution in [3.05, 3.63) is 71.4 Å². The third-order valence-corrected chi connectivity index (χ3v) is 7.46. The number of amides is 1. The van der Waals surface area contributed by atoms with Crippen LogP contribution in [0, 0.1) is 5.82 Å². The van der Waals surface area contributed by atoms with E-state index >= 15 is 0 Å². The molecule has 12 heteroatoms. The van der Waals surface area contributed by atoms with Gasteiger partial charge in [-0.3, -0.25) is 0 Å². The maximum absolute atomic E-state index is 14.0. The van der Waals surface area contributed by atoms with Crippen molar-refractivity contribution in [3.63, 3.8) is 0 Å². The lowest BCUT2D eigenvalue weighted by molar-refractivity contribution is 0.0492. The first-order chi connectivity index (χ1) is 20.5. The number of aromatic nitrogens is 3. The Kier molecular flexibility index (Phi) is 8.72. The van der Waals surface area contributed by atoms with Crippen molar-refractivity contribution >= 4 is 40.4 Å². The van der Waals surface area contributed by atoms with Gasteiger partial charge in [0.05, 0.1) is 40.8 Å². The number of carbonyl (C=O) groups excluding carboxylic acids is 1. The molecule has 10 nitrogen and oxygen atoms in total. The summed E-state index contributed by atoms with van der Waals surface area (Å²) in [6, 6.07) is 9.78. The molecule has 1 saturated carbocycles. The summed E-state index contributed by atoms with van der Waals surface area (Å²) in [4.78, 5) is 21.1. The zero-order valence-corrected chi connectivity index (χ0v) is 25.3. The molecule has 0 aliphatic heterocycles. The summed E-state index contributed by atoms with van der Waals surface area (Å²) < 4.78 is 26.3. The standard InChI is InChI=1S/C31H35ClFN7O3/c1-31(2,3)43-30(41)38-22-9-7-21(8-10-22)37-28-23(29(34)39-25-14-20(33)6-11-24(25)32)16-36-40-17-19(13-26(28)40)18-5-12-27(42-4)35-15-18/h5-6,11-17,21-22,37H,7-10H2,1-4H3,(H2,34,39)(H,38,41)/t21-,22-. The maximum Gasteiger partial charge on any atom is 0.407 e. The van der Waals surface area contributed by atoms with Crippen LogP contribution in [0.1, 0.15) is 52.0 Å². The number of hydrogen-bond acceptors (Lipinski definition) is 7. The van der Waals surface area contributed by atoms with E-state index in [4.69, 9.17) is 26.8 Å². The van der Waals surface area contributed by atoms with Gasteiger partial charge >= 0.3 is 6.09 Å². The molecule has 0 unspecified atom stereocenters. The molecule has 226 valence electrons. The predicted molar refractivity (Wildman–Crippen MR) is 166 cm³/mol. The molecule has 0 atom stereocenters. The Morgan fingerprint density at radius 1 is 1.09 bits per heavy atom. The Bertz CT molecular complexity index is 1640. The maximum atomic E-state index is 14.0. The quantitative estimate of drug-likeness (QED) is 0.162. The molecule has 1 fully saturated rings. The molecule has 4 N–H and O–H groups in total. The lowest BCUT2D eigenvalue weighted by Crippen LogP contribution is -2.42. The number of nitrogens with one attached hydrogen (secondary N) is 2. The van der Waals surface area contributed by atoms with E-state index in [-0.39, 0.29) is 28.6 Å². The number of ether oxygens (including phenoxy) is 2. The van der Waals surface area contributed by atoms with E-state index in [9.17, 15) is 9.18 Å². The normalized spacial score (nSPS) is 17.5. The number of fused-ring (bicyclic) bond motifs is 1. The number of alkyl carbamates (subject to hydrolysis) is 1. The smallest absolute Gasteiger partial charge is 0.407 e. The van der Waals surface area contributed by atoms with Crippen LogP contribution in [-0.4, -0.2) is 51.3 Å². The molecule has 0 bridgehead atoms. The number of pyridine rings is 1. The molecule has 1 amide bonds. The third kappa shape index (κ3) is 7.34. The van der Waals surface area contributed by atoms with Crippen LogP contribution in [0.3, 0.4) is 0 Å². The largest absolute Gasteiger partial charge is 0.481 e. The van der Waals surface area contributed by atoms with Gasteiger partial charge in [0.1, 0.15) is 17.3 Å². The van der Waals surface area contributed by atoms with E-state index in [1.54, 1.807) is 30.1 Å². The molecular formula is C31H35ClFN7O3. The minimum absolute atomic E-state index is 0.0223. The van der Waals surface area contributed by atoms with Crippen molar-refractivity contribution in [2.75, 3.05) is 12.4 Å². The monoisotopic (exact) mass is 607 g/mol. The summed E-state index contributed by atoms with van der Waals surface area (Å²) in [5, 5.41) is 11.5. The molecule has 43 heavy (non-hydrogen) atoms. The van der Waals surface area contributed by atoms with Crippen molar-refractivity contribution in [1.29, 1.82) is 0 Å². The highest BCUT2D eigenvalue weighted by Gasteiger charge is 2.26. The summed E-state index contributed by atoms with van der Waals surface area (Å²) in [5.74, 6) is 0.190. The molecule has 1 aromatic carbocycles. The van der Waals surface area contributed by atoms with E-state index in [1.165, 1.54) is 18.2 Å².